The lowest BCUT2D eigenvalue weighted by molar-refractivity contribution is -0.0828. The molecule has 0 bridgehead atoms. The molecule has 0 aromatic rings. The Labute approximate surface area is 93.1 Å². The predicted octanol–water partition coefficient (Wildman–Crippen LogP) is 0.654. The van der Waals surface area contributed by atoms with Gasteiger partial charge in [0, 0.05) is 12.4 Å². The summed E-state index contributed by atoms with van der Waals surface area (Å²) in [6.07, 6.45) is 0.175. The van der Waals surface area contributed by atoms with E-state index >= 15 is 0 Å². The quantitative estimate of drug-likeness (QED) is 0.517. The zero-order valence-corrected chi connectivity index (χ0v) is 9.33. The summed E-state index contributed by atoms with van der Waals surface area (Å²) in [6, 6.07) is 0. The average Bonchev–Trinajstić information content (AvgIpc) is 2.26. The molecule has 5 nitrogen and oxygen atoms in total. The number of carbonyl (C=O) groups is 1. The topological polar surface area (TPSA) is 65.0 Å². The highest BCUT2D eigenvalue weighted by Gasteiger charge is 2.20. The Morgan fingerprint density at radius 2 is 2.13 bits per heavy atom. The highest BCUT2D eigenvalue weighted by molar-refractivity contribution is 7.99. The second-order valence-electron chi connectivity index (χ2n) is 3.05. The summed E-state index contributed by atoms with van der Waals surface area (Å²) in [5, 5.41) is 8.53. The third kappa shape index (κ3) is 5.86. The van der Waals surface area contributed by atoms with Crippen molar-refractivity contribution >= 4 is 17.9 Å². The molecule has 1 saturated heterocycles. The van der Waals surface area contributed by atoms with E-state index in [4.69, 9.17) is 9.84 Å². The third-order valence-electron chi connectivity index (χ3n) is 1.80. The largest absolute Gasteiger partial charge is 0.508 e. The Morgan fingerprint density at radius 3 is 2.80 bits per heavy atom. The van der Waals surface area contributed by atoms with E-state index in [0.29, 0.717) is 6.61 Å². The number of thioether (sulfide) groups is 1. The number of aliphatic hydroxyl groups is 1. The molecule has 0 aliphatic carbocycles. The number of aliphatic hydroxyl groups excluding tert-OH is 1. The molecule has 1 fully saturated rings. The number of rotatable bonds is 7. The van der Waals surface area contributed by atoms with E-state index < -0.39 is 6.16 Å². The molecule has 0 radical (unpaired) electrons. The van der Waals surface area contributed by atoms with Crippen molar-refractivity contribution in [2.75, 3.05) is 37.9 Å². The van der Waals surface area contributed by atoms with Gasteiger partial charge in [0.05, 0.1) is 6.61 Å². The molecule has 0 atom stereocenters. The standard InChI is InChI=1S/C9H16O5S/c10-2-5-15-4-1-3-12-8-6-13-9(11)14-7-8/h8,10H,1-7H2. The molecule has 15 heavy (non-hydrogen) atoms. The SMILES string of the molecule is O=C1OCC(OCCCSCCO)CO1. The molecular formula is C9H16O5S. The molecule has 0 aromatic heterocycles. The minimum atomic E-state index is -0.617. The van der Waals surface area contributed by atoms with Gasteiger partial charge < -0.3 is 19.3 Å². The third-order valence-corrected chi connectivity index (χ3v) is 2.84. The number of hydrogen-bond acceptors (Lipinski definition) is 6. The second-order valence-corrected chi connectivity index (χ2v) is 4.28. The highest BCUT2D eigenvalue weighted by Crippen LogP contribution is 2.06. The van der Waals surface area contributed by atoms with Crippen LogP contribution in [0.2, 0.25) is 0 Å². The molecule has 88 valence electrons. The van der Waals surface area contributed by atoms with Gasteiger partial charge in [-0.25, -0.2) is 4.79 Å². The normalized spacial score (nSPS) is 17.3. The Morgan fingerprint density at radius 1 is 1.40 bits per heavy atom. The summed E-state index contributed by atoms with van der Waals surface area (Å²) in [5.41, 5.74) is 0. The smallest absolute Gasteiger partial charge is 0.431 e. The molecule has 0 aromatic carbocycles. The Balaban J connectivity index is 1.89. The van der Waals surface area contributed by atoms with Crippen LogP contribution in [0.4, 0.5) is 4.79 Å². The fraction of sp³-hybridized carbons (Fsp3) is 0.889. The van der Waals surface area contributed by atoms with Crippen molar-refractivity contribution in [3.63, 3.8) is 0 Å². The van der Waals surface area contributed by atoms with Gasteiger partial charge in [0.15, 0.2) is 0 Å². The average molecular weight is 236 g/mol. The van der Waals surface area contributed by atoms with Crippen LogP contribution in [0.15, 0.2) is 0 Å². The maximum absolute atomic E-state index is 10.5. The van der Waals surface area contributed by atoms with Crippen molar-refractivity contribution in [2.24, 2.45) is 0 Å². The predicted molar refractivity (Wildman–Crippen MR) is 56.1 cm³/mol. The number of hydrogen-bond donors (Lipinski definition) is 1. The summed E-state index contributed by atoms with van der Waals surface area (Å²) in [7, 11) is 0. The van der Waals surface area contributed by atoms with Gasteiger partial charge in [-0.1, -0.05) is 0 Å². The van der Waals surface area contributed by atoms with Crippen LogP contribution in [0.3, 0.4) is 0 Å². The molecule has 0 amide bonds. The van der Waals surface area contributed by atoms with E-state index in [1.165, 1.54) is 0 Å². The molecule has 0 spiro atoms. The van der Waals surface area contributed by atoms with Gasteiger partial charge in [0.1, 0.15) is 19.3 Å². The van der Waals surface area contributed by atoms with Crippen LogP contribution in [-0.2, 0) is 14.2 Å². The summed E-state index contributed by atoms with van der Waals surface area (Å²) in [5.74, 6) is 1.73. The number of carbonyl (C=O) groups excluding carboxylic acids is 1. The van der Waals surface area contributed by atoms with Crippen LogP contribution in [-0.4, -0.2) is 55.3 Å². The Hall–Kier alpha value is -0.460. The molecule has 1 aliphatic heterocycles. The zero-order valence-electron chi connectivity index (χ0n) is 8.52. The number of cyclic esters (lactones) is 2. The molecule has 0 saturated carbocycles. The van der Waals surface area contributed by atoms with Crippen molar-refractivity contribution in [3.05, 3.63) is 0 Å². The summed E-state index contributed by atoms with van der Waals surface area (Å²) < 4.78 is 14.8. The van der Waals surface area contributed by atoms with Crippen molar-refractivity contribution in [1.29, 1.82) is 0 Å². The molecule has 1 rings (SSSR count). The van der Waals surface area contributed by atoms with Crippen molar-refractivity contribution in [3.8, 4) is 0 Å². The minimum Gasteiger partial charge on any atom is -0.431 e. The number of ether oxygens (including phenoxy) is 3. The van der Waals surface area contributed by atoms with Gasteiger partial charge in [0.2, 0.25) is 0 Å². The summed E-state index contributed by atoms with van der Waals surface area (Å²) in [6.45, 7) is 1.41. The van der Waals surface area contributed by atoms with Crippen LogP contribution >= 0.6 is 11.8 Å². The first-order valence-electron chi connectivity index (χ1n) is 4.92. The van der Waals surface area contributed by atoms with Gasteiger partial charge in [-0.05, 0) is 12.2 Å². The first-order chi connectivity index (χ1) is 7.33. The van der Waals surface area contributed by atoms with Crippen LogP contribution in [0.25, 0.3) is 0 Å². The molecule has 1 N–H and O–H groups in total. The first kappa shape index (κ1) is 12.6. The Kier molecular flexibility index (Phi) is 6.54. The van der Waals surface area contributed by atoms with Crippen molar-refractivity contribution in [1.82, 2.24) is 0 Å². The van der Waals surface area contributed by atoms with Gasteiger partial charge in [-0.3, -0.25) is 0 Å². The lowest BCUT2D eigenvalue weighted by atomic mass is 10.4. The molecule has 1 heterocycles. The van der Waals surface area contributed by atoms with Gasteiger partial charge in [0.25, 0.3) is 0 Å². The van der Waals surface area contributed by atoms with Gasteiger partial charge >= 0.3 is 6.16 Å². The lowest BCUT2D eigenvalue weighted by Gasteiger charge is -2.21. The Bertz CT molecular complexity index is 177. The van der Waals surface area contributed by atoms with Crippen LogP contribution in [0, 0.1) is 0 Å². The lowest BCUT2D eigenvalue weighted by Crippen LogP contribution is -2.34. The first-order valence-corrected chi connectivity index (χ1v) is 6.08. The second kappa shape index (κ2) is 7.78. The van der Waals surface area contributed by atoms with E-state index in [1.54, 1.807) is 11.8 Å². The monoisotopic (exact) mass is 236 g/mol. The molecule has 1 aliphatic rings. The van der Waals surface area contributed by atoms with Crippen molar-refractivity contribution < 1.29 is 24.1 Å². The zero-order chi connectivity index (χ0) is 10.9. The van der Waals surface area contributed by atoms with Crippen molar-refractivity contribution in [2.45, 2.75) is 12.5 Å². The van der Waals surface area contributed by atoms with E-state index in [9.17, 15) is 4.79 Å². The molecule has 6 heteroatoms. The van der Waals surface area contributed by atoms with Gasteiger partial charge in [-0.15, -0.1) is 0 Å². The molecular weight excluding hydrogens is 220 g/mol. The fourth-order valence-electron chi connectivity index (χ4n) is 1.09. The maximum atomic E-state index is 10.5. The summed E-state index contributed by atoms with van der Waals surface area (Å²) >= 11 is 1.69. The van der Waals surface area contributed by atoms with E-state index in [2.05, 4.69) is 9.47 Å². The minimum absolute atomic E-state index is 0.134. The van der Waals surface area contributed by atoms with Crippen LogP contribution in [0.1, 0.15) is 6.42 Å². The van der Waals surface area contributed by atoms with E-state index in [1.807, 2.05) is 0 Å². The maximum Gasteiger partial charge on any atom is 0.508 e. The van der Waals surface area contributed by atoms with Gasteiger partial charge in [-0.2, -0.15) is 11.8 Å². The van der Waals surface area contributed by atoms with Crippen LogP contribution in [0.5, 0.6) is 0 Å². The van der Waals surface area contributed by atoms with E-state index in [-0.39, 0.29) is 25.9 Å². The van der Waals surface area contributed by atoms with Crippen LogP contribution < -0.4 is 0 Å². The highest BCUT2D eigenvalue weighted by atomic mass is 32.2. The molecule has 0 unspecified atom stereocenters. The summed E-state index contributed by atoms with van der Waals surface area (Å²) in [4.78, 5) is 10.5. The van der Waals surface area contributed by atoms with E-state index in [0.717, 1.165) is 17.9 Å². The fourth-order valence-corrected chi connectivity index (χ4v) is 1.74.